The van der Waals surface area contributed by atoms with E-state index in [0.717, 1.165) is 11.1 Å². The van der Waals surface area contributed by atoms with Gasteiger partial charge in [-0.1, -0.05) is 30.3 Å². The quantitative estimate of drug-likeness (QED) is 0.275. The zero-order valence-corrected chi connectivity index (χ0v) is 23.8. The van der Waals surface area contributed by atoms with Gasteiger partial charge >= 0.3 is 12.2 Å². The molecular weight excluding hydrogens is 500 g/mol. The Labute approximate surface area is 231 Å². The van der Waals surface area contributed by atoms with Crippen LogP contribution in [-0.2, 0) is 22.3 Å². The highest BCUT2D eigenvalue weighted by Gasteiger charge is 2.27. The molecule has 10 heteroatoms. The summed E-state index contributed by atoms with van der Waals surface area (Å²) in [5.74, 6) is 0. The highest BCUT2D eigenvalue weighted by atomic mass is 16.6. The van der Waals surface area contributed by atoms with E-state index in [4.69, 9.17) is 9.47 Å². The van der Waals surface area contributed by atoms with E-state index in [0.29, 0.717) is 12.8 Å². The normalized spacial score (nSPS) is 15.0. The third-order valence-corrected chi connectivity index (χ3v) is 5.54. The molecule has 0 aliphatic rings. The first-order valence-electron chi connectivity index (χ1n) is 13.2. The van der Waals surface area contributed by atoms with Crippen LogP contribution in [0, 0.1) is 0 Å². The number of rotatable bonds is 12. The van der Waals surface area contributed by atoms with Crippen molar-refractivity contribution in [2.24, 2.45) is 0 Å². The molecular formula is C29H44N4O6. The van der Waals surface area contributed by atoms with Crippen LogP contribution < -0.4 is 16.0 Å². The summed E-state index contributed by atoms with van der Waals surface area (Å²) in [4.78, 5) is 28.9. The molecule has 5 N–H and O–H groups in total. The number of carbonyl (C=O) groups is 2. The number of carbonyl (C=O) groups excluding carboxylic acids is 2. The van der Waals surface area contributed by atoms with E-state index in [1.54, 1.807) is 53.9 Å². The number of nitrogens with one attached hydrogen (secondary N) is 3. The Morgan fingerprint density at radius 2 is 1.15 bits per heavy atom. The largest absolute Gasteiger partial charge is 0.444 e. The second-order valence-corrected chi connectivity index (χ2v) is 11.5. The smallest absolute Gasteiger partial charge is 0.407 e. The van der Waals surface area contributed by atoms with E-state index in [9.17, 15) is 19.8 Å². The Hall–Kier alpha value is -3.21. The summed E-state index contributed by atoms with van der Waals surface area (Å²) in [7, 11) is 0. The minimum absolute atomic E-state index is 0.0765. The van der Waals surface area contributed by atoms with Crippen molar-refractivity contribution in [2.45, 2.75) is 89.9 Å². The van der Waals surface area contributed by atoms with E-state index in [1.165, 1.54) is 0 Å². The minimum Gasteiger partial charge on any atom is -0.444 e. The number of pyridine rings is 1. The summed E-state index contributed by atoms with van der Waals surface area (Å²) < 4.78 is 10.8. The van der Waals surface area contributed by atoms with Crippen LogP contribution in [0.5, 0.6) is 0 Å². The fraction of sp³-hybridized carbons (Fsp3) is 0.552. The van der Waals surface area contributed by atoms with Crippen molar-refractivity contribution in [3.05, 3.63) is 66.0 Å². The van der Waals surface area contributed by atoms with Gasteiger partial charge in [-0.15, -0.1) is 0 Å². The molecule has 0 saturated carbocycles. The molecule has 0 saturated heterocycles. The van der Waals surface area contributed by atoms with E-state index in [-0.39, 0.29) is 13.1 Å². The van der Waals surface area contributed by atoms with Gasteiger partial charge in [0.05, 0.1) is 24.3 Å². The van der Waals surface area contributed by atoms with Crippen molar-refractivity contribution in [2.75, 3.05) is 13.1 Å². The van der Waals surface area contributed by atoms with Gasteiger partial charge in [0.25, 0.3) is 0 Å². The van der Waals surface area contributed by atoms with Gasteiger partial charge in [0.15, 0.2) is 0 Å². The van der Waals surface area contributed by atoms with E-state index in [2.05, 4.69) is 20.9 Å². The summed E-state index contributed by atoms with van der Waals surface area (Å²) in [6, 6.07) is 11.8. The number of hydrogen-bond donors (Lipinski definition) is 5. The first-order chi connectivity index (χ1) is 18.2. The number of ether oxygens (including phenoxy) is 2. The standard InChI is InChI=1S/C29H44N4O6/c1-28(2,3)38-26(36)32-22(16-20-10-8-7-9-11-20)24(34)18-31-19-25(35)23(17-21-12-14-30-15-13-21)33-27(37)39-29(4,5)6/h7-15,22-25,31,34-35H,16-19H2,1-6H3,(H,32,36)(H,33,37)/t22-,23-,24+,25+/m0/s1. The van der Waals surface area contributed by atoms with Gasteiger partial charge in [-0.2, -0.15) is 0 Å². The van der Waals surface area contributed by atoms with E-state index in [1.807, 2.05) is 42.5 Å². The molecule has 0 aliphatic carbocycles. The predicted molar refractivity (Wildman–Crippen MR) is 149 cm³/mol. The zero-order valence-electron chi connectivity index (χ0n) is 23.8. The third kappa shape index (κ3) is 13.4. The van der Waals surface area contributed by atoms with Gasteiger partial charge < -0.3 is 35.6 Å². The molecule has 0 bridgehead atoms. The number of hydrogen-bond acceptors (Lipinski definition) is 8. The zero-order chi connectivity index (χ0) is 29.1. The molecule has 216 valence electrons. The minimum atomic E-state index is -0.996. The lowest BCUT2D eigenvalue weighted by Crippen LogP contribution is -2.53. The van der Waals surface area contributed by atoms with Crippen LogP contribution in [0.15, 0.2) is 54.9 Å². The SMILES string of the molecule is CC(C)(C)OC(=O)N[C@@H](Cc1ccccc1)[C@H](O)CNC[C@@H](O)[C@H](Cc1ccncc1)NC(=O)OC(C)(C)C. The molecule has 0 spiro atoms. The molecule has 2 rings (SSSR count). The van der Waals surface area contributed by atoms with Gasteiger partial charge in [-0.3, -0.25) is 4.98 Å². The molecule has 0 radical (unpaired) electrons. The monoisotopic (exact) mass is 544 g/mol. The Kier molecular flexibility index (Phi) is 12.2. The summed E-state index contributed by atoms with van der Waals surface area (Å²) >= 11 is 0. The molecule has 2 aromatic rings. The Morgan fingerprint density at radius 1 is 0.744 bits per heavy atom. The number of alkyl carbamates (subject to hydrolysis) is 2. The first-order valence-corrected chi connectivity index (χ1v) is 13.2. The second-order valence-electron chi connectivity index (χ2n) is 11.5. The molecule has 39 heavy (non-hydrogen) atoms. The molecule has 4 atom stereocenters. The molecule has 0 aliphatic heterocycles. The highest BCUT2D eigenvalue weighted by molar-refractivity contribution is 5.68. The van der Waals surface area contributed by atoms with Crippen molar-refractivity contribution in [1.29, 1.82) is 0 Å². The summed E-state index contributed by atoms with van der Waals surface area (Å²) in [5, 5.41) is 30.5. The van der Waals surface area contributed by atoms with Crippen LogP contribution in [0.4, 0.5) is 9.59 Å². The molecule has 1 aromatic heterocycles. The molecule has 1 aromatic carbocycles. The maximum Gasteiger partial charge on any atom is 0.407 e. The van der Waals surface area contributed by atoms with Crippen molar-refractivity contribution in [3.63, 3.8) is 0 Å². The number of aromatic nitrogens is 1. The van der Waals surface area contributed by atoms with E-state index < -0.39 is 47.7 Å². The van der Waals surface area contributed by atoms with E-state index >= 15 is 0 Å². The topological polar surface area (TPSA) is 142 Å². The first kappa shape index (κ1) is 32.0. The van der Waals surface area contributed by atoms with Crippen molar-refractivity contribution >= 4 is 12.2 Å². The van der Waals surface area contributed by atoms with Crippen LogP contribution in [0.3, 0.4) is 0 Å². The van der Waals surface area contributed by atoms with Crippen molar-refractivity contribution in [1.82, 2.24) is 20.9 Å². The number of aliphatic hydroxyl groups excluding tert-OH is 2. The number of amides is 2. The molecule has 1 heterocycles. The van der Waals surface area contributed by atoms with Crippen molar-refractivity contribution in [3.8, 4) is 0 Å². The Morgan fingerprint density at radius 3 is 1.56 bits per heavy atom. The third-order valence-electron chi connectivity index (χ3n) is 5.54. The van der Waals surface area contributed by atoms with Gasteiger partial charge in [0.2, 0.25) is 0 Å². The lowest BCUT2D eigenvalue weighted by molar-refractivity contribution is 0.0399. The summed E-state index contributed by atoms with van der Waals surface area (Å²) in [6.45, 7) is 10.8. The van der Waals surface area contributed by atoms with Crippen LogP contribution in [-0.4, -0.2) is 76.0 Å². The average Bonchev–Trinajstić information content (AvgIpc) is 2.82. The Bertz CT molecular complexity index is 926. The van der Waals surface area contributed by atoms with Crippen LogP contribution in [0.2, 0.25) is 0 Å². The maximum absolute atomic E-state index is 12.4. The van der Waals surface area contributed by atoms with Crippen LogP contribution in [0.25, 0.3) is 0 Å². The van der Waals surface area contributed by atoms with Gasteiger partial charge in [0, 0.05) is 25.5 Å². The van der Waals surface area contributed by atoms with Crippen LogP contribution >= 0.6 is 0 Å². The van der Waals surface area contributed by atoms with Crippen molar-refractivity contribution < 1.29 is 29.3 Å². The highest BCUT2D eigenvalue weighted by Crippen LogP contribution is 2.12. The summed E-state index contributed by atoms with van der Waals surface area (Å²) in [5.41, 5.74) is 0.457. The second kappa shape index (κ2) is 14.8. The number of benzene rings is 1. The Balaban J connectivity index is 2.03. The molecule has 0 unspecified atom stereocenters. The fourth-order valence-corrected chi connectivity index (χ4v) is 3.79. The fourth-order valence-electron chi connectivity index (χ4n) is 3.79. The van der Waals surface area contributed by atoms with Gasteiger partial charge in [-0.25, -0.2) is 9.59 Å². The lowest BCUT2D eigenvalue weighted by atomic mass is 10.0. The van der Waals surface area contributed by atoms with Gasteiger partial charge in [-0.05, 0) is 77.6 Å². The van der Waals surface area contributed by atoms with Crippen LogP contribution in [0.1, 0.15) is 52.7 Å². The number of aliphatic hydroxyl groups is 2. The number of nitrogens with zero attached hydrogens (tertiary/aromatic N) is 1. The molecule has 0 fully saturated rings. The predicted octanol–water partition coefficient (Wildman–Crippen LogP) is 2.96. The maximum atomic E-state index is 12.4. The molecule has 2 amide bonds. The average molecular weight is 545 g/mol. The van der Waals surface area contributed by atoms with Gasteiger partial charge in [0.1, 0.15) is 11.2 Å². The summed E-state index contributed by atoms with van der Waals surface area (Å²) in [6.07, 6.45) is 0.787. The molecule has 10 nitrogen and oxygen atoms in total. The lowest BCUT2D eigenvalue weighted by Gasteiger charge is -2.29.